The van der Waals surface area contributed by atoms with Crippen LogP contribution in [0.25, 0.3) is 0 Å². The summed E-state index contributed by atoms with van der Waals surface area (Å²) in [5, 5.41) is 12.8. The van der Waals surface area contributed by atoms with Crippen LogP contribution >= 0.6 is 0 Å². The normalized spacial score (nSPS) is 13.5. The van der Waals surface area contributed by atoms with Gasteiger partial charge in [0.25, 0.3) is 5.91 Å². The summed E-state index contributed by atoms with van der Waals surface area (Å²) in [4.78, 5) is 12.1. The Morgan fingerprint density at radius 2 is 2.05 bits per heavy atom. The van der Waals surface area contributed by atoms with Gasteiger partial charge in [-0.25, -0.2) is 0 Å². The smallest absolute Gasteiger partial charge is 0.251 e. The van der Waals surface area contributed by atoms with E-state index in [0.717, 1.165) is 0 Å². The van der Waals surface area contributed by atoms with Crippen LogP contribution < -0.4 is 10.1 Å². The average Bonchev–Trinajstić information content (AvgIpc) is 3.01. The molecule has 0 saturated carbocycles. The lowest BCUT2D eigenvalue weighted by molar-refractivity contribution is 0.0903. The molecule has 2 unspecified atom stereocenters. The Morgan fingerprint density at radius 3 is 2.62 bits per heavy atom. The van der Waals surface area contributed by atoms with Crippen molar-refractivity contribution in [3.05, 3.63) is 54.0 Å². The van der Waals surface area contributed by atoms with Crippen molar-refractivity contribution in [2.24, 2.45) is 0 Å². The highest BCUT2D eigenvalue weighted by molar-refractivity contribution is 5.94. The number of hydrogen-bond acceptors (Lipinski definition) is 4. The van der Waals surface area contributed by atoms with Gasteiger partial charge < -0.3 is 19.6 Å². The molecule has 0 aliphatic carbocycles. The zero-order valence-electron chi connectivity index (χ0n) is 12.1. The molecule has 0 aliphatic heterocycles. The van der Waals surface area contributed by atoms with Gasteiger partial charge in [-0.05, 0) is 43.3 Å². The molecule has 0 saturated heterocycles. The molecule has 0 spiro atoms. The minimum absolute atomic E-state index is 0.181. The van der Waals surface area contributed by atoms with E-state index in [1.54, 1.807) is 43.5 Å². The van der Waals surface area contributed by atoms with Crippen molar-refractivity contribution in [2.45, 2.75) is 25.5 Å². The Labute approximate surface area is 123 Å². The molecule has 1 aromatic heterocycles. The quantitative estimate of drug-likeness (QED) is 0.857. The number of aliphatic hydroxyl groups is 1. The summed E-state index contributed by atoms with van der Waals surface area (Å²) in [7, 11) is 1.58. The van der Waals surface area contributed by atoms with E-state index in [4.69, 9.17) is 9.15 Å². The number of amides is 1. The van der Waals surface area contributed by atoms with Crippen molar-refractivity contribution >= 4 is 5.91 Å². The maximum absolute atomic E-state index is 12.1. The fourth-order valence-electron chi connectivity index (χ4n) is 2.04. The zero-order chi connectivity index (χ0) is 15.2. The van der Waals surface area contributed by atoms with E-state index in [2.05, 4.69) is 5.32 Å². The molecule has 1 heterocycles. The second-order valence-electron chi connectivity index (χ2n) is 4.87. The van der Waals surface area contributed by atoms with Crippen LogP contribution in [0.3, 0.4) is 0 Å². The second kappa shape index (κ2) is 6.95. The minimum atomic E-state index is -0.730. The number of furan rings is 1. The number of hydrogen-bond donors (Lipinski definition) is 2. The topological polar surface area (TPSA) is 71.7 Å². The maximum Gasteiger partial charge on any atom is 0.251 e. The lowest BCUT2D eigenvalue weighted by Gasteiger charge is -2.16. The van der Waals surface area contributed by atoms with Crippen LogP contribution in [0.4, 0.5) is 0 Å². The Hall–Kier alpha value is -2.27. The van der Waals surface area contributed by atoms with E-state index in [9.17, 15) is 9.90 Å². The first-order chi connectivity index (χ1) is 10.1. The van der Waals surface area contributed by atoms with Crippen molar-refractivity contribution in [2.75, 3.05) is 7.11 Å². The van der Waals surface area contributed by atoms with Gasteiger partial charge in [0.2, 0.25) is 0 Å². The number of benzene rings is 1. The van der Waals surface area contributed by atoms with Gasteiger partial charge in [-0.15, -0.1) is 0 Å². The third kappa shape index (κ3) is 4.10. The van der Waals surface area contributed by atoms with E-state index in [1.165, 1.54) is 6.26 Å². The number of ether oxygens (including phenoxy) is 1. The Kier molecular flexibility index (Phi) is 5.00. The third-order valence-electron chi connectivity index (χ3n) is 3.18. The second-order valence-corrected chi connectivity index (χ2v) is 4.87. The summed E-state index contributed by atoms with van der Waals surface area (Å²) in [6.45, 7) is 1.84. The molecule has 2 rings (SSSR count). The van der Waals surface area contributed by atoms with Crippen molar-refractivity contribution < 1.29 is 19.1 Å². The number of carbonyl (C=O) groups excluding carboxylic acids is 1. The van der Waals surface area contributed by atoms with Gasteiger partial charge in [0.15, 0.2) is 0 Å². The largest absolute Gasteiger partial charge is 0.497 e. The van der Waals surface area contributed by atoms with Gasteiger partial charge in [-0.2, -0.15) is 0 Å². The predicted octanol–water partition coefficient (Wildman–Crippen LogP) is 2.53. The van der Waals surface area contributed by atoms with E-state index < -0.39 is 6.10 Å². The molecule has 0 aliphatic rings. The third-order valence-corrected chi connectivity index (χ3v) is 3.18. The molecule has 1 amide bonds. The van der Waals surface area contributed by atoms with Crippen molar-refractivity contribution in [1.29, 1.82) is 0 Å². The number of aliphatic hydroxyl groups excluding tert-OH is 1. The molecule has 1 aromatic carbocycles. The molecule has 2 atom stereocenters. The van der Waals surface area contributed by atoms with Crippen LogP contribution in [0.15, 0.2) is 47.1 Å². The van der Waals surface area contributed by atoms with Gasteiger partial charge in [0.05, 0.1) is 13.4 Å². The summed E-state index contributed by atoms with van der Waals surface area (Å²) < 4.78 is 10.2. The first-order valence-corrected chi connectivity index (χ1v) is 6.76. The summed E-state index contributed by atoms with van der Waals surface area (Å²) in [6.07, 6.45) is 1.17. The zero-order valence-corrected chi connectivity index (χ0v) is 12.1. The van der Waals surface area contributed by atoms with Crippen molar-refractivity contribution in [1.82, 2.24) is 5.32 Å². The Bertz CT molecular complexity index is 562. The Morgan fingerprint density at radius 1 is 1.33 bits per heavy atom. The van der Waals surface area contributed by atoms with Crippen LogP contribution in [-0.4, -0.2) is 24.2 Å². The predicted molar refractivity (Wildman–Crippen MR) is 78.2 cm³/mol. The maximum atomic E-state index is 12.1. The number of carbonyl (C=O) groups is 1. The monoisotopic (exact) mass is 289 g/mol. The fraction of sp³-hybridized carbons (Fsp3) is 0.312. The molecule has 5 heteroatoms. The van der Waals surface area contributed by atoms with Crippen LogP contribution in [0.5, 0.6) is 5.75 Å². The molecule has 0 fully saturated rings. The molecule has 0 bridgehead atoms. The lowest BCUT2D eigenvalue weighted by atomic mass is 10.1. The van der Waals surface area contributed by atoms with Crippen LogP contribution in [0.1, 0.15) is 35.6 Å². The molecule has 2 aromatic rings. The summed E-state index contributed by atoms with van der Waals surface area (Å²) in [5.74, 6) is 1.02. The van der Waals surface area contributed by atoms with Crippen molar-refractivity contribution in [3.8, 4) is 5.75 Å². The van der Waals surface area contributed by atoms with Gasteiger partial charge in [-0.3, -0.25) is 4.79 Å². The SMILES string of the molecule is COc1ccc(C(=O)NC(C)CC(O)c2ccco2)cc1. The first kappa shape index (κ1) is 15.1. The molecular weight excluding hydrogens is 270 g/mol. The molecule has 0 radical (unpaired) electrons. The highest BCUT2D eigenvalue weighted by atomic mass is 16.5. The van der Waals surface area contributed by atoms with Crippen molar-refractivity contribution in [3.63, 3.8) is 0 Å². The average molecular weight is 289 g/mol. The van der Waals surface area contributed by atoms with E-state index in [0.29, 0.717) is 23.5 Å². The highest BCUT2D eigenvalue weighted by Gasteiger charge is 2.17. The van der Waals surface area contributed by atoms with Gasteiger partial charge in [0, 0.05) is 18.0 Å². The standard InChI is InChI=1S/C16H19NO4/c1-11(10-14(18)15-4-3-9-21-15)17-16(19)12-5-7-13(20-2)8-6-12/h3-9,11,14,18H,10H2,1-2H3,(H,17,19). The minimum Gasteiger partial charge on any atom is -0.497 e. The number of rotatable bonds is 6. The summed E-state index contributed by atoms with van der Waals surface area (Å²) in [5.41, 5.74) is 0.551. The van der Waals surface area contributed by atoms with Gasteiger partial charge in [-0.1, -0.05) is 0 Å². The van der Waals surface area contributed by atoms with Crippen LogP contribution in [-0.2, 0) is 0 Å². The fourth-order valence-corrected chi connectivity index (χ4v) is 2.04. The molecular formula is C16H19NO4. The Balaban J connectivity index is 1.89. The van der Waals surface area contributed by atoms with Crippen LogP contribution in [0, 0.1) is 0 Å². The number of methoxy groups -OCH3 is 1. The van der Waals surface area contributed by atoms with Gasteiger partial charge in [0.1, 0.15) is 17.6 Å². The van der Waals surface area contributed by atoms with E-state index >= 15 is 0 Å². The molecule has 5 nitrogen and oxygen atoms in total. The van der Waals surface area contributed by atoms with Crippen LogP contribution in [0.2, 0.25) is 0 Å². The molecule has 2 N–H and O–H groups in total. The molecule has 21 heavy (non-hydrogen) atoms. The lowest BCUT2D eigenvalue weighted by Crippen LogP contribution is -2.33. The van der Waals surface area contributed by atoms with E-state index in [1.807, 2.05) is 6.92 Å². The number of nitrogens with one attached hydrogen (secondary N) is 1. The summed E-state index contributed by atoms with van der Waals surface area (Å²) in [6, 6.07) is 10.1. The summed E-state index contributed by atoms with van der Waals surface area (Å²) >= 11 is 0. The highest BCUT2D eigenvalue weighted by Crippen LogP contribution is 2.18. The molecule has 112 valence electrons. The van der Waals surface area contributed by atoms with E-state index in [-0.39, 0.29) is 11.9 Å². The first-order valence-electron chi connectivity index (χ1n) is 6.76. The van der Waals surface area contributed by atoms with Gasteiger partial charge >= 0.3 is 0 Å².